The fraction of sp³-hybridized carbons (Fsp3) is 0.250. The number of rotatable bonds is 10. The Labute approximate surface area is 221 Å². The summed E-state index contributed by atoms with van der Waals surface area (Å²) in [6, 6.07) is 13.5. The number of amides is 1. The number of nitrogens with one attached hydrogen (secondary N) is 2. The summed E-state index contributed by atoms with van der Waals surface area (Å²) in [7, 11) is 6.90. The maximum Gasteiger partial charge on any atom is 0.247 e. The largest absolute Gasteiger partial charge is 0.494 e. The average Bonchev–Trinajstić information content (AvgIpc) is 3.27. The number of hydrogen-bond acceptors (Lipinski definition) is 7. The summed E-state index contributed by atoms with van der Waals surface area (Å²) in [6.45, 7) is 2.01. The summed E-state index contributed by atoms with van der Waals surface area (Å²) < 4.78 is 30.5. The van der Waals surface area contributed by atoms with E-state index in [4.69, 9.17) is 13.8 Å². The first kappa shape index (κ1) is 21.9. The molecule has 2 heterocycles. The van der Waals surface area contributed by atoms with Gasteiger partial charge in [0.05, 0.1) is 29.9 Å². The number of nitrogens with zero attached hydrogens (tertiary/aromatic N) is 5. The molecule has 0 spiro atoms. The van der Waals surface area contributed by atoms with Crippen LogP contribution in [0.3, 0.4) is 0 Å². The van der Waals surface area contributed by atoms with Crippen molar-refractivity contribution in [2.45, 2.75) is 0 Å². The van der Waals surface area contributed by atoms with Crippen LogP contribution in [-0.4, -0.2) is 66.6 Å². The van der Waals surface area contributed by atoms with Gasteiger partial charge in [-0.2, -0.15) is 0 Å². The molecule has 1 amide bonds. The summed E-state index contributed by atoms with van der Waals surface area (Å²) in [5, 5.41) is 7.14. The van der Waals surface area contributed by atoms with Crippen molar-refractivity contribution in [2.75, 3.05) is 56.8 Å². The van der Waals surface area contributed by atoms with Crippen LogP contribution in [0.2, 0.25) is 0 Å². The molecule has 37 heavy (non-hydrogen) atoms. The normalized spacial score (nSPS) is 12.5. The van der Waals surface area contributed by atoms with Gasteiger partial charge in [0.2, 0.25) is 11.9 Å². The van der Waals surface area contributed by atoms with Crippen LogP contribution in [0.4, 0.5) is 23.0 Å². The number of anilines is 4. The first-order chi connectivity index (χ1) is 19.0. The van der Waals surface area contributed by atoms with Crippen molar-refractivity contribution in [3.8, 4) is 17.0 Å². The van der Waals surface area contributed by atoms with Crippen LogP contribution in [0.25, 0.3) is 22.2 Å². The molecule has 0 saturated heterocycles. The van der Waals surface area contributed by atoms with Crippen LogP contribution >= 0.6 is 0 Å². The average molecular weight is 503 g/mol. The molecule has 0 aliphatic carbocycles. The third-order valence-electron chi connectivity index (χ3n) is 6.02. The lowest BCUT2D eigenvalue weighted by Crippen LogP contribution is -2.29. The molecule has 4 rings (SSSR count). The van der Waals surface area contributed by atoms with Crippen LogP contribution in [0.1, 0.15) is 4.11 Å². The molecule has 0 fully saturated rings. The summed E-state index contributed by atoms with van der Waals surface area (Å²) in [5.41, 5.74) is 4.49. The number of aromatic nitrogens is 3. The van der Waals surface area contributed by atoms with Gasteiger partial charge in [0, 0.05) is 66.2 Å². The molecule has 0 aliphatic heterocycles. The van der Waals surface area contributed by atoms with E-state index in [1.165, 1.54) is 11.0 Å². The number of hydrogen-bond donors (Lipinski definition) is 2. The van der Waals surface area contributed by atoms with Crippen molar-refractivity contribution < 1.29 is 13.6 Å². The van der Waals surface area contributed by atoms with Crippen molar-refractivity contribution in [3.05, 3.63) is 67.5 Å². The molecule has 2 aromatic heterocycles. The lowest BCUT2D eigenvalue weighted by Gasteiger charge is -2.26. The number of aryl methyl sites for hydroxylation is 1. The quantitative estimate of drug-likeness (QED) is 0.309. The predicted octanol–water partition coefficient (Wildman–Crippen LogP) is 4.51. The lowest BCUT2D eigenvalue weighted by molar-refractivity contribution is -0.111. The van der Waals surface area contributed by atoms with E-state index in [1.807, 2.05) is 43.4 Å². The van der Waals surface area contributed by atoms with Gasteiger partial charge in [0.25, 0.3) is 0 Å². The van der Waals surface area contributed by atoms with Crippen LogP contribution in [0.5, 0.6) is 5.75 Å². The fourth-order valence-corrected chi connectivity index (χ4v) is 4.09. The minimum absolute atomic E-state index is 0.277. The maximum atomic E-state index is 12.3. The molecular weight excluding hydrogens is 466 g/mol. The molecule has 2 aromatic carbocycles. The molecule has 0 saturated carbocycles. The van der Waals surface area contributed by atoms with Gasteiger partial charge in [-0.15, -0.1) is 0 Å². The number of carbonyl (C=O) groups excluding carboxylic acids is 1. The van der Waals surface area contributed by atoms with Gasteiger partial charge in [-0.1, -0.05) is 24.8 Å². The van der Waals surface area contributed by atoms with Gasteiger partial charge in [-0.25, -0.2) is 9.97 Å². The Balaban J connectivity index is 1.67. The molecule has 9 nitrogen and oxygen atoms in total. The standard InChI is InChI=1S/C28H33N7O2/c1-7-27(36)30-22-16-23(26(37-6)17-25(22)34(4)15-14-33(2)3)32-28-29-13-12-21(31-28)20-18-35(5)24-11-9-8-10-19(20)24/h7-13,16-18H,1,14-15H2,2-6H3,(H,30,36)(H,29,31,32)/i2D3. The second-order valence-electron chi connectivity index (χ2n) is 8.67. The zero-order valence-electron chi connectivity index (χ0n) is 24.4. The first-order valence-corrected chi connectivity index (χ1v) is 11.7. The summed E-state index contributed by atoms with van der Waals surface area (Å²) in [5.74, 6) is 0.450. The molecule has 0 aliphatic rings. The number of fused-ring (bicyclic) bond motifs is 1. The molecule has 192 valence electrons. The molecule has 0 radical (unpaired) electrons. The lowest BCUT2D eigenvalue weighted by atomic mass is 10.1. The van der Waals surface area contributed by atoms with Gasteiger partial charge in [0.15, 0.2) is 0 Å². The van der Waals surface area contributed by atoms with E-state index in [9.17, 15) is 4.79 Å². The number of ether oxygens (including phenoxy) is 1. The van der Waals surface area contributed by atoms with E-state index in [-0.39, 0.29) is 12.5 Å². The minimum atomic E-state index is -2.20. The van der Waals surface area contributed by atoms with Gasteiger partial charge in [-0.05, 0) is 38.3 Å². The molecule has 2 N–H and O–H groups in total. The van der Waals surface area contributed by atoms with E-state index in [0.717, 1.165) is 22.2 Å². The van der Waals surface area contributed by atoms with E-state index >= 15 is 0 Å². The predicted molar refractivity (Wildman–Crippen MR) is 151 cm³/mol. The Morgan fingerprint density at radius 1 is 1.22 bits per heavy atom. The maximum absolute atomic E-state index is 12.3. The molecule has 0 bridgehead atoms. The second kappa shape index (κ2) is 11.1. The highest BCUT2D eigenvalue weighted by Crippen LogP contribution is 2.38. The minimum Gasteiger partial charge on any atom is -0.494 e. The smallest absolute Gasteiger partial charge is 0.247 e. The highest BCUT2D eigenvalue weighted by Gasteiger charge is 2.17. The molecule has 9 heteroatoms. The third-order valence-corrected chi connectivity index (χ3v) is 6.02. The van der Waals surface area contributed by atoms with Crippen LogP contribution in [-0.2, 0) is 11.8 Å². The Hall–Kier alpha value is -4.37. The molecule has 0 atom stereocenters. The van der Waals surface area contributed by atoms with E-state index in [2.05, 4.69) is 38.9 Å². The van der Waals surface area contributed by atoms with E-state index in [0.29, 0.717) is 35.3 Å². The zero-order chi connectivity index (χ0) is 29.0. The number of benzene rings is 2. The summed E-state index contributed by atoms with van der Waals surface area (Å²) in [4.78, 5) is 24.6. The monoisotopic (exact) mass is 502 g/mol. The first-order valence-electron chi connectivity index (χ1n) is 13.2. The molecule has 4 aromatic rings. The van der Waals surface area contributed by atoms with Crippen LogP contribution in [0.15, 0.2) is 67.5 Å². The van der Waals surface area contributed by atoms with Crippen molar-refractivity contribution in [1.29, 1.82) is 0 Å². The fourth-order valence-electron chi connectivity index (χ4n) is 4.09. The van der Waals surface area contributed by atoms with Crippen molar-refractivity contribution in [3.63, 3.8) is 0 Å². The second-order valence-corrected chi connectivity index (χ2v) is 8.67. The van der Waals surface area contributed by atoms with Gasteiger partial charge >= 0.3 is 0 Å². The number of carbonyl (C=O) groups is 1. The SMILES string of the molecule is [2H]C([2H])([2H])N(C)CCN(C)c1cc(OC)c(Nc2nccc(-c3cn(C)c4ccccc34)n2)cc1NC(=O)C=C. The Morgan fingerprint density at radius 2 is 2.03 bits per heavy atom. The Morgan fingerprint density at radius 3 is 2.78 bits per heavy atom. The van der Waals surface area contributed by atoms with Crippen LogP contribution in [0, 0.1) is 0 Å². The van der Waals surface area contributed by atoms with Crippen molar-refractivity contribution >= 4 is 39.8 Å². The number of para-hydroxylation sites is 1. The topological polar surface area (TPSA) is 87.6 Å². The molecular formula is C28H33N7O2. The summed E-state index contributed by atoms with van der Waals surface area (Å²) in [6.07, 6.45) is 4.90. The third kappa shape index (κ3) is 5.73. The Kier molecular flexibility index (Phi) is 6.58. The van der Waals surface area contributed by atoms with Gasteiger partial charge < -0.3 is 29.7 Å². The number of methoxy groups -OCH3 is 1. The van der Waals surface area contributed by atoms with Gasteiger partial charge in [-0.3, -0.25) is 4.79 Å². The number of likely N-dealkylation sites (N-methyl/N-ethyl adjacent to an activating group) is 2. The van der Waals surface area contributed by atoms with Gasteiger partial charge in [0.1, 0.15) is 5.75 Å². The van der Waals surface area contributed by atoms with Crippen LogP contribution < -0.4 is 20.3 Å². The highest BCUT2D eigenvalue weighted by atomic mass is 16.5. The van der Waals surface area contributed by atoms with E-state index < -0.39 is 6.98 Å². The Bertz CT molecular complexity index is 1530. The van der Waals surface area contributed by atoms with E-state index in [1.54, 1.807) is 32.5 Å². The highest BCUT2D eigenvalue weighted by molar-refractivity contribution is 6.02. The zero-order valence-corrected chi connectivity index (χ0v) is 21.4. The van der Waals surface area contributed by atoms with Crippen molar-refractivity contribution in [1.82, 2.24) is 19.4 Å². The summed E-state index contributed by atoms with van der Waals surface area (Å²) >= 11 is 0. The molecule has 0 unspecified atom stereocenters. The van der Waals surface area contributed by atoms with Crippen molar-refractivity contribution in [2.24, 2.45) is 7.05 Å².